The van der Waals surface area contributed by atoms with Crippen LogP contribution in [0.15, 0.2) is 18.2 Å². The zero-order valence-corrected chi connectivity index (χ0v) is 9.84. The molecule has 1 aliphatic rings. The first-order chi connectivity index (χ1) is 5.27. The van der Waals surface area contributed by atoms with Gasteiger partial charge < -0.3 is 0 Å². The van der Waals surface area contributed by atoms with Gasteiger partial charge in [-0.25, -0.2) is 6.08 Å². The van der Waals surface area contributed by atoms with Crippen LogP contribution in [0.1, 0.15) is 29.5 Å². The second kappa shape index (κ2) is 3.70. The van der Waals surface area contributed by atoms with Gasteiger partial charge >= 0.3 is 0 Å². The Morgan fingerprint density at radius 3 is 2.83 bits per heavy atom. The average molecular weight is 234 g/mol. The first kappa shape index (κ1) is 9.93. The Morgan fingerprint density at radius 2 is 2.08 bits per heavy atom. The number of hydrogen-bond donors (Lipinski definition) is 0. The molecule has 0 aromatic heterocycles. The van der Waals surface area contributed by atoms with E-state index in [1.54, 1.807) is 0 Å². The van der Waals surface area contributed by atoms with E-state index in [4.69, 9.17) is 0 Å². The summed E-state index contributed by atoms with van der Waals surface area (Å²) in [5.41, 5.74) is 4.09. The van der Waals surface area contributed by atoms with E-state index in [0.29, 0.717) is 5.92 Å². The van der Waals surface area contributed by atoms with Crippen molar-refractivity contribution in [1.82, 2.24) is 0 Å². The quantitative estimate of drug-likeness (QED) is 0.606. The minimum Gasteiger partial charge on any atom is -0.269 e. The van der Waals surface area contributed by atoms with Crippen molar-refractivity contribution >= 4 is 6.08 Å². The molecule has 0 amide bonds. The van der Waals surface area contributed by atoms with Crippen molar-refractivity contribution in [3.63, 3.8) is 0 Å². The molecular formula is C11H11Zr-. The zero-order valence-electron chi connectivity index (χ0n) is 7.39. The van der Waals surface area contributed by atoms with Gasteiger partial charge in [-0.3, -0.25) is 6.08 Å². The van der Waals surface area contributed by atoms with Crippen LogP contribution in [-0.4, -0.2) is 0 Å². The van der Waals surface area contributed by atoms with Gasteiger partial charge in [0.25, 0.3) is 0 Å². The van der Waals surface area contributed by atoms with Gasteiger partial charge in [0.15, 0.2) is 0 Å². The van der Waals surface area contributed by atoms with Crippen molar-refractivity contribution in [2.45, 2.75) is 19.8 Å². The molecule has 1 aliphatic carbocycles. The molecule has 1 atom stereocenters. The molecule has 0 nitrogen and oxygen atoms in total. The molecule has 12 heavy (non-hydrogen) atoms. The Hall–Kier alpha value is -0.157. The van der Waals surface area contributed by atoms with Crippen LogP contribution in [0.2, 0.25) is 0 Å². The van der Waals surface area contributed by atoms with E-state index in [1.165, 1.54) is 16.7 Å². The second-order valence-electron chi connectivity index (χ2n) is 3.17. The first-order valence-corrected chi connectivity index (χ1v) is 3.97. The molecule has 60 valence electrons. The van der Waals surface area contributed by atoms with Crippen LogP contribution in [0.5, 0.6) is 0 Å². The van der Waals surface area contributed by atoms with Crippen molar-refractivity contribution in [1.29, 1.82) is 0 Å². The van der Waals surface area contributed by atoms with Crippen molar-refractivity contribution in [3.8, 4) is 0 Å². The standard InChI is InChI=1S/C11H11.Zr/c1-8-3-6-11-9(2)4-5-10(11)7-8;/h3,5-7,9H,1-2H3;/q-1;. The second-order valence-corrected chi connectivity index (χ2v) is 3.17. The van der Waals surface area contributed by atoms with Crippen LogP contribution in [-0.2, 0) is 26.2 Å². The normalized spacial score (nSPS) is 18.7. The van der Waals surface area contributed by atoms with Crippen LogP contribution in [0, 0.1) is 13.0 Å². The molecule has 0 heterocycles. The molecule has 0 saturated carbocycles. The summed E-state index contributed by atoms with van der Waals surface area (Å²) in [6, 6.07) is 6.58. The van der Waals surface area contributed by atoms with E-state index >= 15 is 0 Å². The molecule has 0 bridgehead atoms. The molecule has 0 aliphatic heterocycles. The van der Waals surface area contributed by atoms with Gasteiger partial charge in [0.05, 0.1) is 0 Å². The van der Waals surface area contributed by atoms with Crippen molar-refractivity contribution in [2.24, 2.45) is 0 Å². The third-order valence-corrected chi connectivity index (χ3v) is 2.20. The van der Waals surface area contributed by atoms with E-state index in [1.807, 2.05) is 0 Å². The minimum atomic E-state index is 0. The van der Waals surface area contributed by atoms with Crippen molar-refractivity contribution in [2.75, 3.05) is 0 Å². The maximum atomic E-state index is 3.29. The number of fused-ring (bicyclic) bond motifs is 1. The molecule has 0 radical (unpaired) electrons. The van der Waals surface area contributed by atoms with Crippen LogP contribution in [0.25, 0.3) is 6.08 Å². The molecule has 0 spiro atoms. The first-order valence-electron chi connectivity index (χ1n) is 3.97. The molecule has 1 aromatic carbocycles. The maximum Gasteiger partial charge on any atom is 0 e. The Balaban J connectivity index is 0.000000720. The Bertz CT molecular complexity index is 313. The molecule has 1 heteroatoms. The van der Waals surface area contributed by atoms with Crippen molar-refractivity contribution < 1.29 is 26.2 Å². The largest absolute Gasteiger partial charge is 0.269 e. The number of hydrogen-bond acceptors (Lipinski definition) is 0. The molecule has 0 N–H and O–H groups in total. The summed E-state index contributed by atoms with van der Waals surface area (Å²) < 4.78 is 0. The Kier molecular flexibility index (Phi) is 3.06. The summed E-state index contributed by atoms with van der Waals surface area (Å²) in [5.74, 6) is 0.491. The monoisotopic (exact) mass is 233 g/mol. The molecular weight excluding hydrogens is 223 g/mol. The van der Waals surface area contributed by atoms with E-state index < -0.39 is 0 Å². The summed E-state index contributed by atoms with van der Waals surface area (Å²) in [7, 11) is 0. The summed E-state index contributed by atoms with van der Waals surface area (Å²) >= 11 is 0. The maximum absolute atomic E-state index is 3.29. The Morgan fingerprint density at radius 1 is 1.33 bits per heavy atom. The van der Waals surface area contributed by atoms with E-state index in [0.717, 1.165) is 0 Å². The number of benzene rings is 1. The van der Waals surface area contributed by atoms with Gasteiger partial charge in [-0.15, -0.1) is 11.6 Å². The Labute approximate surface area is 92.8 Å². The van der Waals surface area contributed by atoms with Crippen LogP contribution in [0.3, 0.4) is 0 Å². The van der Waals surface area contributed by atoms with E-state index in [9.17, 15) is 0 Å². The fourth-order valence-corrected chi connectivity index (χ4v) is 1.52. The van der Waals surface area contributed by atoms with Gasteiger partial charge in [-0.05, 0) is 6.92 Å². The van der Waals surface area contributed by atoms with Gasteiger partial charge in [0, 0.05) is 26.2 Å². The third kappa shape index (κ3) is 1.61. The van der Waals surface area contributed by atoms with Crippen LogP contribution in [0.4, 0.5) is 0 Å². The fraction of sp³-hybridized carbons (Fsp3) is 0.273. The number of rotatable bonds is 0. The molecule has 2 rings (SSSR count). The minimum absolute atomic E-state index is 0. The SMILES string of the molecule is Cc1ccc2c(c1)C=[C-]C2C.[Zr]. The van der Waals surface area contributed by atoms with Gasteiger partial charge in [0.2, 0.25) is 0 Å². The van der Waals surface area contributed by atoms with Crippen molar-refractivity contribution in [3.05, 3.63) is 41.0 Å². The summed E-state index contributed by atoms with van der Waals surface area (Å²) in [6.45, 7) is 4.30. The van der Waals surface area contributed by atoms with Crippen LogP contribution < -0.4 is 0 Å². The van der Waals surface area contributed by atoms with Crippen LogP contribution >= 0.6 is 0 Å². The fourth-order valence-electron chi connectivity index (χ4n) is 1.52. The topological polar surface area (TPSA) is 0 Å². The zero-order chi connectivity index (χ0) is 7.84. The number of aryl methyl sites for hydroxylation is 1. The van der Waals surface area contributed by atoms with Gasteiger partial charge in [-0.2, -0.15) is 5.56 Å². The predicted molar refractivity (Wildman–Crippen MR) is 47.3 cm³/mol. The average Bonchev–Trinajstić information content (AvgIpc) is 2.32. The molecule has 1 aromatic rings. The summed E-state index contributed by atoms with van der Waals surface area (Å²) in [4.78, 5) is 0. The summed E-state index contributed by atoms with van der Waals surface area (Å²) in [6.07, 6.45) is 5.38. The molecule has 0 fully saturated rings. The molecule has 0 saturated heterocycles. The smallest absolute Gasteiger partial charge is 0 e. The summed E-state index contributed by atoms with van der Waals surface area (Å²) in [5, 5.41) is 0. The van der Waals surface area contributed by atoms with Gasteiger partial charge in [0.1, 0.15) is 0 Å². The predicted octanol–water partition coefficient (Wildman–Crippen LogP) is 2.93. The van der Waals surface area contributed by atoms with E-state index in [-0.39, 0.29) is 26.2 Å². The third-order valence-electron chi connectivity index (χ3n) is 2.20. The number of allylic oxidation sites excluding steroid dienone is 1. The van der Waals surface area contributed by atoms with E-state index in [2.05, 4.69) is 44.2 Å². The van der Waals surface area contributed by atoms with Gasteiger partial charge in [-0.1, -0.05) is 30.5 Å². The molecule has 1 unspecified atom stereocenters.